The lowest BCUT2D eigenvalue weighted by Gasteiger charge is -2.12. The number of carbonyl (C=O) groups excluding carboxylic acids is 2. The van der Waals surface area contributed by atoms with Crippen molar-refractivity contribution in [3.05, 3.63) is 0 Å². The molecule has 0 radical (unpaired) electrons. The lowest BCUT2D eigenvalue weighted by Crippen LogP contribution is -2.35. The first-order chi connectivity index (χ1) is 12.5. The van der Waals surface area contributed by atoms with Gasteiger partial charge in [0.25, 0.3) is 0 Å². The molecule has 0 aliphatic heterocycles. The lowest BCUT2D eigenvalue weighted by atomic mass is 10.2. The summed E-state index contributed by atoms with van der Waals surface area (Å²) in [5.74, 6) is -0.528. The summed E-state index contributed by atoms with van der Waals surface area (Å²) in [6.45, 7) is 5.55. The van der Waals surface area contributed by atoms with E-state index in [2.05, 4.69) is 10.6 Å². The molecule has 0 spiro atoms. The standard InChI is InChI=1S/C16H31FN2O6S/c1-13(2)16(21)19-10-14(17)11-24-9-8-23-7-6-22-5-4-18-15(20)12-25-26-3/h13-14H,4-12H2,1-3H3,(H,18,20)(H,19,21). The molecular formula is C16H31FN2O6S. The van der Waals surface area contributed by atoms with Gasteiger partial charge in [-0.05, 0) is 12.0 Å². The molecule has 0 saturated heterocycles. The van der Waals surface area contributed by atoms with Crippen molar-refractivity contribution in [2.45, 2.75) is 20.0 Å². The molecular weight excluding hydrogens is 367 g/mol. The quantitative estimate of drug-likeness (QED) is 0.273. The highest BCUT2D eigenvalue weighted by molar-refractivity contribution is 7.93. The van der Waals surface area contributed by atoms with Crippen LogP contribution in [0.2, 0.25) is 0 Å². The van der Waals surface area contributed by atoms with Crippen molar-refractivity contribution in [3.8, 4) is 0 Å². The van der Waals surface area contributed by atoms with E-state index in [-0.39, 0.29) is 44.1 Å². The van der Waals surface area contributed by atoms with Gasteiger partial charge in [0, 0.05) is 18.7 Å². The molecule has 0 aromatic heterocycles. The first-order valence-corrected chi connectivity index (χ1v) is 9.69. The molecule has 0 aromatic carbocycles. The molecule has 0 bridgehead atoms. The fraction of sp³-hybridized carbons (Fsp3) is 0.875. The largest absolute Gasteiger partial charge is 0.377 e. The van der Waals surface area contributed by atoms with Crippen LogP contribution in [0.3, 0.4) is 0 Å². The van der Waals surface area contributed by atoms with Crippen LogP contribution in [0.4, 0.5) is 4.39 Å². The summed E-state index contributed by atoms with van der Waals surface area (Å²) < 4.78 is 34.0. The summed E-state index contributed by atoms with van der Waals surface area (Å²) >= 11 is 1.14. The van der Waals surface area contributed by atoms with Crippen molar-refractivity contribution in [1.82, 2.24) is 10.6 Å². The number of amides is 2. The van der Waals surface area contributed by atoms with Gasteiger partial charge in [-0.15, -0.1) is 0 Å². The van der Waals surface area contributed by atoms with Crippen molar-refractivity contribution in [3.63, 3.8) is 0 Å². The Kier molecular flexibility index (Phi) is 16.8. The summed E-state index contributed by atoms with van der Waals surface area (Å²) in [5, 5.41) is 5.15. The second-order valence-corrected chi connectivity index (χ2v) is 6.14. The number of nitrogens with one attached hydrogen (secondary N) is 2. The Morgan fingerprint density at radius 1 is 1.00 bits per heavy atom. The van der Waals surface area contributed by atoms with Gasteiger partial charge in [0.1, 0.15) is 12.8 Å². The average Bonchev–Trinajstić information content (AvgIpc) is 2.62. The van der Waals surface area contributed by atoms with Crippen LogP contribution in [0.15, 0.2) is 0 Å². The molecule has 0 heterocycles. The molecule has 0 aliphatic rings. The third kappa shape index (κ3) is 16.5. The number of hydrogen-bond acceptors (Lipinski definition) is 7. The normalized spacial score (nSPS) is 12.2. The molecule has 0 rings (SSSR count). The Bertz CT molecular complexity index is 377. The molecule has 10 heteroatoms. The zero-order chi connectivity index (χ0) is 19.6. The first-order valence-electron chi connectivity index (χ1n) is 8.54. The van der Waals surface area contributed by atoms with Crippen LogP contribution in [0.1, 0.15) is 13.8 Å². The maximum atomic E-state index is 13.5. The summed E-state index contributed by atoms with van der Waals surface area (Å²) in [6, 6.07) is 0. The zero-order valence-electron chi connectivity index (χ0n) is 15.8. The van der Waals surface area contributed by atoms with Gasteiger partial charge in [0.15, 0.2) is 0 Å². The van der Waals surface area contributed by atoms with Crippen LogP contribution in [0.5, 0.6) is 0 Å². The van der Waals surface area contributed by atoms with Crippen LogP contribution in [-0.4, -0.2) is 83.6 Å². The Morgan fingerprint density at radius 3 is 2.23 bits per heavy atom. The van der Waals surface area contributed by atoms with E-state index in [9.17, 15) is 14.0 Å². The molecule has 1 unspecified atom stereocenters. The molecule has 0 saturated carbocycles. The summed E-state index contributed by atoms with van der Waals surface area (Å²) in [5.41, 5.74) is 0. The second-order valence-electron chi connectivity index (χ2n) is 5.58. The molecule has 0 aliphatic carbocycles. The van der Waals surface area contributed by atoms with Crippen LogP contribution >= 0.6 is 12.0 Å². The van der Waals surface area contributed by atoms with Gasteiger partial charge in [-0.1, -0.05) is 13.8 Å². The minimum absolute atomic E-state index is 0.0219. The van der Waals surface area contributed by atoms with Crippen molar-refractivity contribution in [2.75, 3.05) is 65.6 Å². The molecule has 2 amide bonds. The van der Waals surface area contributed by atoms with Gasteiger partial charge < -0.3 is 29.0 Å². The van der Waals surface area contributed by atoms with E-state index in [0.717, 1.165) is 12.0 Å². The Hall–Kier alpha value is -0.940. The van der Waals surface area contributed by atoms with Gasteiger partial charge in [0.05, 0.1) is 46.2 Å². The first kappa shape index (κ1) is 25.1. The number of alkyl halides is 1. The molecule has 1 atom stereocenters. The summed E-state index contributed by atoms with van der Waals surface area (Å²) in [7, 11) is 0. The van der Waals surface area contributed by atoms with Crippen LogP contribution in [-0.2, 0) is 28.0 Å². The van der Waals surface area contributed by atoms with Gasteiger partial charge in [-0.2, -0.15) is 0 Å². The number of carbonyl (C=O) groups is 2. The minimum Gasteiger partial charge on any atom is -0.377 e. The Labute approximate surface area is 159 Å². The summed E-state index contributed by atoms with van der Waals surface area (Å²) in [6.07, 6.45) is 0.502. The number of halogens is 1. The maximum absolute atomic E-state index is 13.5. The fourth-order valence-corrected chi connectivity index (χ4v) is 1.78. The van der Waals surface area contributed by atoms with Crippen LogP contribution < -0.4 is 10.6 Å². The van der Waals surface area contributed by atoms with Crippen LogP contribution in [0, 0.1) is 5.92 Å². The van der Waals surface area contributed by atoms with Gasteiger partial charge in [-0.3, -0.25) is 9.59 Å². The predicted molar refractivity (Wildman–Crippen MR) is 97.7 cm³/mol. The minimum atomic E-state index is -1.24. The third-order valence-electron chi connectivity index (χ3n) is 2.94. The SMILES string of the molecule is CSOCC(=O)NCCOCCOCCOCC(F)CNC(=O)C(C)C. The number of rotatable bonds is 17. The Morgan fingerprint density at radius 2 is 1.62 bits per heavy atom. The topological polar surface area (TPSA) is 95.1 Å². The third-order valence-corrected chi connectivity index (χ3v) is 3.29. The van der Waals surface area contributed by atoms with Crippen LogP contribution in [0.25, 0.3) is 0 Å². The van der Waals surface area contributed by atoms with E-state index in [0.29, 0.717) is 33.0 Å². The van der Waals surface area contributed by atoms with E-state index < -0.39 is 6.17 Å². The summed E-state index contributed by atoms with van der Waals surface area (Å²) in [4.78, 5) is 22.5. The predicted octanol–water partition coefficient (Wildman–Crippen LogP) is 0.557. The molecule has 0 fully saturated rings. The number of hydrogen-bond donors (Lipinski definition) is 2. The van der Waals surface area contributed by atoms with E-state index >= 15 is 0 Å². The zero-order valence-corrected chi connectivity index (χ0v) is 16.6. The van der Waals surface area contributed by atoms with Gasteiger partial charge in [0.2, 0.25) is 11.8 Å². The molecule has 0 aromatic rings. The second kappa shape index (κ2) is 17.5. The Balaban J connectivity index is 3.28. The smallest absolute Gasteiger partial charge is 0.247 e. The highest BCUT2D eigenvalue weighted by Crippen LogP contribution is 1.95. The molecule has 154 valence electrons. The van der Waals surface area contributed by atoms with Crippen molar-refractivity contribution >= 4 is 23.9 Å². The fourth-order valence-electron chi connectivity index (χ4n) is 1.55. The highest BCUT2D eigenvalue weighted by Gasteiger charge is 2.11. The molecule has 2 N–H and O–H groups in total. The van der Waals surface area contributed by atoms with E-state index in [1.807, 2.05) is 0 Å². The maximum Gasteiger partial charge on any atom is 0.247 e. The van der Waals surface area contributed by atoms with E-state index in [4.69, 9.17) is 18.4 Å². The lowest BCUT2D eigenvalue weighted by molar-refractivity contribution is -0.124. The van der Waals surface area contributed by atoms with Crippen molar-refractivity contribution < 1.29 is 32.4 Å². The molecule has 26 heavy (non-hydrogen) atoms. The number of ether oxygens (including phenoxy) is 3. The van der Waals surface area contributed by atoms with Gasteiger partial charge in [-0.25, -0.2) is 4.39 Å². The van der Waals surface area contributed by atoms with Gasteiger partial charge >= 0.3 is 0 Å². The van der Waals surface area contributed by atoms with E-state index in [1.165, 1.54) is 0 Å². The van der Waals surface area contributed by atoms with Crippen molar-refractivity contribution in [1.29, 1.82) is 0 Å². The highest BCUT2D eigenvalue weighted by atomic mass is 32.2. The molecule has 8 nitrogen and oxygen atoms in total. The van der Waals surface area contributed by atoms with E-state index in [1.54, 1.807) is 20.1 Å². The monoisotopic (exact) mass is 398 g/mol. The average molecular weight is 398 g/mol. The van der Waals surface area contributed by atoms with Crippen molar-refractivity contribution in [2.24, 2.45) is 5.92 Å².